The van der Waals surface area contributed by atoms with E-state index in [0.29, 0.717) is 19.7 Å². The van der Waals surface area contributed by atoms with E-state index >= 15 is 0 Å². The first-order valence-electron chi connectivity index (χ1n) is 5.82. The summed E-state index contributed by atoms with van der Waals surface area (Å²) in [5, 5.41) is 14.3. The van der Waals surface area contributed by atoms with Crippen molar-refractivity contribution in [2.75, 3.05) is 12.5 Å². The highest BCUT2D eigenvalue weighted by molar-refractivity contribution is 9.11. The molecule has 0 bridgehead atoms. The minimum absolute atomic E-state index is 0.155. The van der Waals surface area contributed by atoms with E-state index in [-0.39, 0.29) is 5.75 Å². The molecule has 0 aliphatic rings. The van der Waals surface area contributed by atoms with Gasteiger partial charge in [0, 0.05) is 0 Å². The predicted octanol–water partition coefficient (Wildman–Crippen LogP) is 5.03. The molecule has 2 aromatic rings. The molecule has 0 aliphatic heterocycles. The van der Waals surface area contributed by atoms with Gasteiger partial charge in [0.05, 0.1) is 33.0 Å². The topological polar surface area (TPSA) is 53.8 Å². The number of nitrogens with one attached hydrogen (secondary N) is 1. The van der Waals surface area contributed by atoms with Crippen LogP contribution in [0.1, 0.15) is 5.56 Å². The number of rotatable bonds is 4. The van der Waals surface area contributed by atoms with Crippen LogP contribution < -0.4 is 10.2 Å². The molecule has 2 aromatic carbocycles. The minimum Gasteiger partial charge on any atom is -0.506 e. The molecule has 0 amide bonds. The van der Waals surface area contributed by atoms with Crippen molar-refractivity contribution >= 4 is 55.4 Å². The summed E-state index contributed by atoms with van der Waals surface area (Å²) in [5.41, 5.74) is 4.44. The number of hydrogen-bond donors (Lipinski definition) is 2. The monoisotopic (exact) mass is 432 g/mol. The molecule has 0 radical (unpaired) electrons. The number of benzene rings is 2. The van der Waals surface area contributed by atoms with Crippen LogP contribution in [0.4, 0.5) is 5.69 Å². The molecule has 0 aromatic heterocycles. The zero-order valence-electron chi connectivity index (χ0n) is 10.9. The van der Waals surface area contributed by atoms with Crippen LogP contribution in [0.15, 0.2) is 44.4 Å². The van der Waals surface area contributed by atoms with Crippen molar-refractivity contribution in [2.45, 2.75) is 0 Å². The Morgan fingerprint density at radius 3 is 2.48 bits per heavy atom. The van der Waals surface area contributed by atoms with Gasteiger partial charge in [0.15, 0.2) is 0 Å². The third-order valence-electron chi connectivity index (χ3n) is 2.60. The summed E-state index contributed by atoms with van der Waals surface area (Å²) in [6.07, 6.45) is 1.63. The van der Waals surface area contributed by atoms with E-state index in [1.165, 1.54) is 0 Å². The maximum Gasteiger partial charge on any atom is 0.143 e. The molecule has 2 rings (SSSR count). The number of halogens is 3. The summed E-state index contributed by atoms with van der Waals surface area (Å²) in [6.45, 7) is 0. The summed E-state index contributed by atoms with van der Waals surface area (Å²) >= 11 is 12.6. The van der Waals surface area contributed by atoms with Crippen molar-refractivity contribution in [2.24, 2.45) is 5.10 Å². The van der Waals surface area contributed by atoms with E-state index in [4.69, 9.17) is 16.3 Å². The van der Waals surface area contributed by atoms with E-state index in [1.54, 1.807) is 37.6 Å². The predicted molar refractivity (Wildman–Crippen MR) is 92.7 cm³/mol. The first kappa shape index (κ1) is 16.1. The van der Waals surface area contributed by atoms with Gasteiger partial charge in [-0.2, -0.15) is 5.10 Å². The lowest BCUT2D eigenvalue weighted by molar-refractivity contribution is 0.415. The van der Waals surface area contributed by atoms with Crippen molar-refractivity contribution in [3.8, 4) is 11.5 Å². The van der Waals surface area contributed by atoms with Crippen LogP contribution in [0.25, 0.3) is 0 Å². The zero-order valence-corrected chi connectivity index (χ0v) is 14.8. The molecule has 0 heterocycles. The van der Waals surface area contributed by atoms with Gasteiger partial charge in [-0.15, -0.1) is 0 Å². The van der Waals surface area contributed by atoms with Gasteiger partial charge in [-0.05, 0) is 67.8 Å². The SMILES string of the molecule is COc1ccc(N/N=C/c2cc(Br)c(O)c(Br)c2)cc1Cl. The number of aromatic hydroxyl groups is 1. The van der Waals surface area contributed by atoms with Crippen LogP contribution in [-0.4, -0.2) is 18.4 Å². The average molecular weight is 435 g/mol. The van der Waals surface area contributed by atoms with Crippen molar-refractivity contribution in [3.05, 3.63) is 49.9 Å². The summed E-state index contributed by atoms with van der Waals surface area (Å²) in [4.78, 5) is 0. The Balaban J connectivity index is 2.10. The summed E-state index contributed by atoms with van der Waals surface area (Å²) in [7, 11) is 1.56. The van der Waals surface area contributed by atoms with E-state index in [9.17, 15) is 5.11 Å². The average Bonchev–Trinajstić information content (AvgIpc) is 2.45. The van der Waals surface area contributed by atoms with Gasteiger partial charge in [-0.1, -0.05) is 11.6 Å². The van der Waals surface area contributed by atoms with Gasteiger partial charge < -0.3 is 9.84 Å². The minimum atomic E-state index is 0.155. The molecule has 0 spiro atoms. The summed E-state index contributed by atoms with van der Waals surface area (Å²) in [5.74, 6) is 0.764. The number of hydrogen-bond acceptors (Lipinski definition) is 4. The zero-order chi connectivity index (χ0) is 15.4. The van der Waals surface area contributed by atoms with Gasteiger partial charge in [0.2, 0.25) is 0 Å². The molecule has 0 aliphatic carbocycles. The van der Waals surface area contributed by atoms with E-state index in [1.807, 2.05) is 6.07 Å². The van der Waals surface area contributed by atoms with Crippen LogP contribution in [0, 0.1) is 0 Å². The maximum atomic E-state index is 9.63. The Bertz CT molecular complexity index is 670. The van der Waals surface area contributed by atoms with Gasteiger partial charge >= 0.3 is 0 Å². The van der Waals surface area contributed by atoms with Crippen molar-refractivity contribution < 1.29 is 9.84 Å². The van der Waals surface area contributed by atoms with Crippen LogP contribution in [-0.2, 0) is 0 Å². The molecule has 0 saturated heterocycles. The molecule has 21 heavy (non-hydrogen) atoms. The second kappa shape index (κ2) is 7.15. The Kier molecular flexibility index (Phi) is 5.50. The number of anilines is 1. The number of phenolic OH excluding ortho intramolecular Hbond substituents is 1. The number of phenols is 1. The second-order valence-electron chi connectivity index (χ2n) is 4.05. The van der Waals surface area contributed by atoms with Crippen LogP contribution in [0.3, 0.4) is 0 Å². The molecule has 0 unspecified atom stereocenters. The third-order valence-corrected chi connectivity index (χ3v) is 4.10. The van der Waals surface area contributed by atoms with E-state index in [2.05, 4.69) is 42.4 Å². The first-order valence-corrected chi connectivity index (χ1v) is 7.78. The molecule has 7 heteroatoms. The molecule has 4 nitrogen and oxygen atoms in total. The summed E-state index contributed by atoms with van der Waals surface area (Å²) in [6, 6.07) is 8.80. The quantitative estimate of drug-likeness (QED) is 0.525. The Morgan fingerprint density at radius 1 is 1.24 bits per heavy atom. The summed E-state index contributed by atoms with van der Waals surface area (Å²) < 4.78 is 6.26. The molecule has 110 valence electrons. The van der Waals surface area contributed by atoms with Crippen molar-refractivity contribution in [1.82, 2.24) is 0 Å². The van der Waals surface area contributed by atoms with Gasteiger partial charge in [-0.3, -0.25) is 5.43 Å². The van der Waals surface area contributed by atoms with Gasteiger partial charge in [0.25, 0.3) is 0 Å². The molecule has 0 saturated carbocycles. The van der Waals surface area contributed by atoms with Crippen LogP contribution >= 0.6 is 43.5 Å². The molecule has 2 N–H and O–H groups in total. The number of ether oxygens (including phenoxy) is 1. The highest BCUT2D eigenvalue weighted by Gasteiger charge is 2.04. The Morgan fingerprint density at radius 2 is 1.90 bits per heavy atom. The standard InChI is InChI=1S/C14H11Br2ClN2O2/c1-21-13-3-2-9(6-12(13)17)19-18-7-8-4-10(15)14(20)11(16)5-8/h2-7,19-20H,1H3/b18-7+. The van der Waals surface area contributed by atoms with Gasteiger partial charge in [0.1, 0.15) is 11.5 Å². The lowest BCUT2D eigenvalue weighted by Crippen LogP contribution is -1.92. The van der Waals surface area contributed by atoms with Crippen molar-refractivity contribution in [1.29, 1.82) is 0 Å². The van der Waals surface area contributed by atoms with Gasteiger partial charge in [-0.25, -0.2) is 0 Å². The lowest BCUT2D eigenvalue weighted by Gasteiger charge is -2.05. The number of nitrogens with zero attached hydrogens (tertiary/aromatic N) is 1. The smallest absolute Gasteiger partial charge is 0.143 e. The molecular formula is C14H11Br2ClN2O2. The Hall–Kier alpha value is -1.24. The third kappa shape index (κ3) is 4.12. The Labute approximate surface area is 144 Å². The first-order chi connectivity index (χ1) is 10.0. The number of hydrazone groups is 1. The van der Waals surface area contributed by atoms with E-state index in [0.717, 1.165) is 11.3 Å². The normalized spacial score (nSPS) is 10.9. The second-order valence-corrected chi connectivity index (χ2v) is 6.17. The highest BCUT2D eigenvalue weighted by Crippen LogP contribution is 2.33. The fourth-order valence-electron chi connectivity index (χ4n) is 1.58. The lowest BCUT2D eigenvalue weighted by atomic mass is 10.2. The highest BCUT2D eigenvalue weighted by atomic mass is 79.9. The van der Waals surface area contributed by atoms with Crippen LogP contribution in [0.5, 0.6) is 11.5 Å². The van der Waals surface area contributed by atoms with Crippen LogP contribution in [0.2, 0.25) is 5.02 Å². The number of methoxy groups -OCH3 is 1. The largest absolute Gasteiger partial charge is 0.506 e. The molecule has 0 atom stereocenters. The molecule has 0 fully saturated rings. The molecular weight excluding hydrogens is 423 g/mol. The van der Waals surface area contributed by atoms with E-state index < -0.39 is 0 Å². The maximum absolute atomic E-state index is 9.63. The van der Waals surface area contributed by atoms with Crippen molar-refractivity contribution in [3.63, 3.8) is 0 Å². The fraction of sp³-hybridized carbons (Fsp3) is 0.0714. The fourth-order valence-corrected chi connectivity index (χ4v) is 3.06.